The molecule has 5 rings (SSSR count). The van der Waals surface area contributed by atoms with E-state index in [9.17, 15) is 14.4 Å². The van der Waals surface area contributed by atoms with E-state index >= 15 is 0 Å². The van der Waals surface area contributed by atoms with Gasteiger partial charge in [-0.15, -0.1) is 0 Å². The summed E-state index contributed by atoms with van der Waals surface area (Å²) in [5, 5.41) is 4.55. The maximum atomic E-state index is 14.5. The van der Waals surface area contributed by atoms with E-state index in [2.05, 4.69) is 12.0 Å². The molecule has 8 heteroatoms. The fourth-order valence-corrected chi connectivity index (χ4v) is 10.7. The number of β-lactam (4-membered cyclic amide) rings is 1. The van der Waals surface area contributed by atoms with Crippen LogP contribution in [0.1, 0.15) is 27.2 Å². The molecule has 3 aromatic carbocycles. The van der Waals surface area contributed by atoms with Crippen molar-refractivity contribution in [1.82, 2.24) is 15.3 Å². The molecule has 0 aromatic heterocycles. The number of carbonyl (C=O) groups excluding carboxylic acids is 3. The minimum absolute atomic E-state index is 0.0116. The van der Waals surface area contributed by atoms with Gasteiger partial charge in [0.15, 0.2) is 5.78 Å². The predicted octanol–water partition coefficient (Wildman–Crippen LogP) is 4.00. The van der Waals surface area contributed by atoms with Crippen molar-refractivity contribution in [3.63, 3.8) is 0 Å². The van der Waals surface area contributed by atoms with Gasteiger partial charge in [-0.3, -0.25) is 9.59 Å². The average molecular weight is 610 g/mol. The number of hydrogen-bond donors (Lipinski definition) is 1. The first-order chi connectivity index (χ1) is 21.2. The highest BCUT2D eigenvalue weighted by molar-refractivity contribution is 7.96. The van der Waals surface area contributed by atoms with Gasteiger partial charge in [-0.1, -0.05) is 117 Å². The van der Waals surface area contributed by atoms with E-state index < -0.39 is 30.9 Å². The topological polar surface area (TPSA) is 79.0 Å². The highest BCUT2D eigenvalue weighted by atomic mass is 31.2. The first kappa shape index (κ1) is 31.2. The van der Waals surface area contributed by atoms with E-state index in [-0.39, 0.29) is 36.1 Å². The molecule has 3 aromatic rings. The predicted molar refractivity (Wildman–Crippen MR) is 178 cm³/mol. The van der Waals surface area contributed by atoms with E-state index in [1.165, 1.54) is 6.08 Å². The SMILES string of the molecule is C=CCOC(=O)C(N1C(=O)[C@H](C(C)C)[C@H]1CC(=O)C1C=C(C)N(C)N1)=P(c1ccccc1)(c1ccccc1)c1ccccc1. The monoisotopic (exact) mass is 609 g/mol. The first-order valence-electron chi connectivity index (χ1n) is 15.0. The maximum Gasteiger partial charge on any atom is 0.356 e. The number of likely N-dealkylation sites (tertiary alicyclic amines) is 1. The lowest BCUT2D eigenvalue weighted by Gasteiger charge is -2.51. The van der Waals surface area contributed by atoms with Gasteiger partial charge in [-0.05, 0) is 34.8 Å². The number of nitrogens with one attached hydrogen (secondary N) is 1. The number of allylic oxidation sites excluding steroid dienone is 1. The van der Waals surface area contributed by atoms with Crippen molar-refractivity contribution >= 4 is 45.9 Å². The standard InChI is InChI=1S/C36H40N3O4P/c1-6-22-43-36(42)35(39-31(33(25(2)3)34(39)41)24-32(40)30-23-26(4)38(5)37-30)44(27-16-10-7-11-17-27,28-18-12-8-13-19-28)29-20-14-9-15-21-29/h6-21,23,25,30-31,33,37H,1,22,24H2,2-5H3/t30?,31-,33-/m1/s1. The molecule has 228 valence electrons. The van der Waals surface area contributed by atoms with Crippen LogP contribution in [-0.4, -0.2) is 58.7 Å². The zero-order valence-corrected chi connectivity index (χ0v) is 26.6. The number of amides is 1. The van der Waals surface area contributed by atoms with Crippen molar-refractivity contribution in [3.8, 4) is 0 Å². The zero-order valence-electron chi connectivity index (χ0n) is 25.7. The number of carbonyl (C=O) groups is 3. The lowest BCUT2D eigenvalue weighted by Crippen LogP contribution is -2.67. The van der Waals surface area contributed by atoms with E-state index in [1.807, 2.05) is 130 Å². The fraction of sp³-hybridized carbons (Fsp3) is 0.278. The van der Waals surface area contributed by atoms with Crippen LogP contribution in [0.15, 0.2) is 115 Å². The molecule has 3 atom stereocenters. The van der Waals surface area contributed by atoms with Gasteiger partial charge in [0.25, 0.3) is 0 Å². The van der Waals surface area contributed by atoms with Crippen molar-refractivity contribution in [3.05, 3.63) is 115 Å². The van der Waals surface area contributed by atoms with Crippen LogP contribution < -0.4 is 21.3 Å². The molecule has 0 saturated carbocycles. The van der Waals surface area contributed by atoms with Crippen LogP contribution in [0, 0.1) is 11.8 Å². The summed E-state index contributed by atoms with van der Waals surface area (Å²) in [6, 6.07) is 28.6. The molecule has 0 radical (unpaired) electrons. The molecule has 1 amide bonds. The number of esters is 1. The minimum atomic E-state index is -3.04. The number of hydrogen-bond acceptors (Lipinski definition) is 6. The molecule has 2 aliphatic heterocycles. The maximum absolute atomic E-state index is 14.5. The largest absolute Gasteiger partial charge is 0.457 e. The number of nitrogens with zero attached hydrogens (tertiary/aromatic N) is 2. The van der Waals surface area contributed by atoms with Crippen LogP contribution >= 0.6 is 6.89 Å². The molecule has 0 aliphatic carbocycles. The molecule has 0 spiro atoms. The normalized spacial score (nSPS) is 19.8. The summed E-state index contributed by atoms with van der Waals surface area (Å²) in [6.07, 6.45) is 3.52. The van der Waals surface area contributed by atoms with Gasteiger partial charge in [0, 0.05) is 26.1 Å². The Bertz CT molecular complexity index is 1520. The third-order valence-corrected chi connectivity index (χ3v) is 12.8. The lowest BCUT2D eigenvalue weighted by atomic mass is 9.76. The van der Waals surface area contributed by atoms with Gasteiger partial charge in [0.05, 0.1) is 12.0 Å². The Labute approximate surface area is 260 Å². The summed E-state index contributed by atoms with van der Waals surface area (Å²) in [6.45, 7) is 6.63. The van der Waals surface area contributed by atoms with E-state index in [1.54, 1.807) is 4.90 Å². The molecule has 2 aliphatic rings. The number of Topliss-reactive ketones (excluding diaryl/α,β-unsaturated/α-hetero) is 1. The fourth-order valence-electron chi connectivity index (χ4n) is 6.34. The molecular formula is C36H40N3O4P. The Morgan fingerprint density at radius 1 is 0.932 bits per heavy atom. The second kappa shape index (κ2) is 13.2. The summed E-state index contributed by atoms with van der Waals surface area (Å²) in [5.74, 6) is -1.24. The molecule has 1 N–H and O–H groups in total. The minimum Gasteiger partial charge on any atom is -0.457 e. The van der Waals surface area contributed by atoms with E-state index in [4.69, 9.17) is 4.74 Å². The van der Waals surface area contributed by atoms with Crippen LogP contribution in [0.2, 0.25) is 0 Å². The number of ketones is 1. The quantitative estimate of drug-likeness (QED) is 0.153. The highest BCUT2D eigenvalue weighted by Gasteiger charge is 2.55. The molecule has 0 bridgehead atoms. The zero-order chi connectivity index (χ0) is 31.4. The number of rotatable bonds is 11. The summed E-state index contributed by atoms with van der Waals surface area (Å²) in [5.41, 5.74) is 4.43. The van der Waals surface area contributed by atoms with Crippen LogP contribution in [0.25, 0.3) is 0 Å². The lowest BCUT2D eigenvalue weighted by molar-refractivity contribution is -0.155. The highest BCUT2D eigenvalue weighted by Crippen LogP contribution is 2.50. The van der Waals surface area contributed by atoms with Crippen molar-refractivity contribution in [2.75, 3.05) is 13.7 Å². The smallest absolute Gasteiger partial charge is 0.356 e. The summed E-state index contributed by atoms with van der Waals surface area (Å²) in [7, 11) is 1.87. The number of ether oxygens (including phenoxy) is 1. The molecule has 7 nitrogen and oxygen atoms in total. The molecule has 1 saturated heterocycles. The third kappa shape index (κ3) is 5.58. The van der Waals surface area contributed by atoms with Gasteiger partial charge < -0.3 is 14.6 Å². The first-order valence-corrected chi connectivity index (χ1v) is 16.8. The van der Waals surface area contributed by atoms with Crippen LogP contribution in [0.3, 0.4) is 0 Å². The van der Waals surface area contributed by atoms with Crippen molar-refractivity contribution in [1.29, 1.82) is 0 Å². The van der Waals surface area contributed by atoms with Crippen LogP contribution in [0.4, 0.5) is 0 Å². The second-order valence-corrected chi connectivity index (χ2v) is 14.9. The second-order valence-electron chi connectivity index (χ2n) is 11.6. The van der Waals surface area contributed by atoms with Crippen molar-refractivity contribution in [2.24, 2.45) is 11.8 Å². The van der Waals surface area contributed by atoms with Crippen molar-refractivity contribution < 1.29 is 19.1 Å². The summed E-state index contributed by atoms with van der Waals surface area (Å²) in [4.78, 5) is 44.2. The molecule has 1 fully saturated rings. The number of benzene rings is 3. The third-order valence-electron chi connectivity index (χ3n) is 8.51. The Morgan fingerprint density at radius 2 is 1.43 bits per heavy atom. The molecule has 1 unspecified atom stereocenters. The Balaban J connectivity index is 1.83. The Morgan fingerprint density at radius 3 is 1.84 bits per heavy atom. The van der Waals surface area contributed by atoms with Crippen LogP contribution in [0.5, 0.6) is 0 Å². The Hall–Kier alpha value is -4.19. The molecule has 2 heterocycles. The van der Waals surface area contributed by atoms with Crippen LogP contribution in [-0.2, 0) is 19.1 Å². The number of hydrazine groups is 1. The molecule has 44 heavy (non-hydrogen) atoms. The van der Waals surface area contributed by atoms with Gasteiger partial charge in [0.1, 0.15) is 18.1 Å². The van der Waals surface area contributed by atoms with Gasteiger partial charge in [-0.25, -0.2) is 10.2 Å². The van der Waals surface area contributed by atoms with Gasteiger partial charge in [0.2, 0.25) is 5.91 Å². The van der Waals surface area contributed by atoms with Gasteiger partial charge >= 0.3 is 5.97 Å². The summed E-state index contributed by atoms with van der Waals surface area (Å²) >= 11 is 0. The van der Waals surface area contributed by atoms with Gasteiger partial charge in [-0.2, -0.15) is 0 Å². The van der Waals surface area contributed by atoms with E-state index in [0.29, 0.717) is 0 Å². The van der Waals surface area contributed by atoms with E-state index in [0.717, 1.165) is 21.6 Å². The van der Waals surface area contributed by atoms with Crippen molar-refractivity contribution in [2.45, 2.75) is 39.3 Å². The Kier molecular flexibility index (Phi) is 9.38. The summed E-state index contributed by atoms with van der Waals surface area (Å²) < 4.78 is 5.83. The average Bonchev–Trinajstić information content (AvgIpc) is 3.38. The molecular weight excluding hydrogens is 569 g/mol.